The molecule has 1 aliphatic rings. The third-order valence-corrected chi connectivity index (χ3v) is 2.13. The van der Waals surface area contributed by atoms with Gasteiger partial charge in [0.25, 0.3) is 0 Å². The molecule has 0 radical (unpaired) electrons. The fourth-order valence-corrected chi connectivity index (χ4v) is 1.22. The van der Waals surface area contributed by atoms with Gasteiger partial charge in [0, 0.05) is 13.1 Å². The lowest BCUT2D eigenvalue weighted by Gasteiger charge is -2.26. The van der Waals surface area contributed by atoms with Gasteiger partial charge in [0.05, 0.1) is 12.0 Å². The molecule has 0 aliphatic carbocycles. The molecule has 3 nitrogen and oxygen atoms in total. The van der Waals surface area contributed by atoms with Crippen LogP contribution in [0, 0.1) is 5.92 Å². The largest absolute Gasteiger partial charge is 0.462 e. The lowest BCUT2D eigenvalue weighted by molar-refractivity contribution is -0.155. The molecule has 1 unspecified atom stereocenters. The first-order valence-corrected chi connectivity index (χ1v) is 4.65. The third kappa shape index (κ3) is 2.48. The zero-order valence-corrected chi connectivity index (χ0v) is 7.80. The number of ether oxygens (including phenoxy) is 1. The quantitative estimate of drug-likeness (QED) is 0.640. The summed E-state index contributed by atoms with van der Waals surface area (Å²) >= 11 is 0. The summed E-state index contributed by atoms with van der Waals surface area (Å²) in [5, 5.41) is 3.05. The van der Waals surface area contributed by atoms with Crippen LogP contribution in [0.2, 0.25) is 0 Å². The standard InChI is InChI=1S/C9H17NO2/c1-3-4-7(2)12-9(11)8-5-10-6-8/h7-8,10H,3-6H2,1-2H3. The molecular formula is C9H17NO2. The van der Waals surface area contributed by atoms with Crippen molar-refractivity contribution in [1.82, 2.24) is 5.32 Å². The van der Waals surface area contributed by atoms with Crippen molar-refractivity contribution in [2.45, 2.75) is 32.8 Å². The smallest absolute Gasteiger partial charge is 0.311 e. The highest BCUT2D eigenvalue weighted by atomic mass is 16.5. The minimum absolute atomic E-state index is 0.0327. The summed E-state index contributed by atoms with van der Waals surface area (Å²) in [6.45, 7) is 5.62. The Hall–Kier alpha value is -0.570. The van der Waals surface area contributed by atoms with E-state index in [2.05, 4.69) is 12.2 Å². The van der Waals surface area contributed by atoms with Gasteiger partial charge in [-0.3, -0.25) is 4.79 Å². The molecule has 3 heteroatoms. The van der Waals surface area contributed by atoms with Gasteiger partial charge in [-0.2, -0.15) is 0 Å². The highest BCUT2D eigenvalue weighted by Gasteiger charge is 2.27. The highest BCUT2D eigenvalue weighted by molar-refractivity contribution is 5.74. The van der Waals surface area contributed by atoms with E-state index in [4.69, 9.17) is 4.74 Å². The minimum Gasteiger partial charge on any atom is -0.462 e. The maximum Gasteiger partial charge on any atom is 0.311 e. The predicted octanol–water partition coefficient (Wildman–Crippen LogP) is 0.938. The van der Waals surface area contributed by atoms with Crippen LogP contribution >= 0.6 is 0 Å². The number of hydrogen-bond donors (Lipinski definition) is 1. The van der Waals surface area contributed by atoms with Gasteiger partial charge in [-0.25, -0.2) is 0 Å². The second kappa shape index (κ2) is 4.45. The lowest BCUT2D eigenvalue weighted by Crippen LogP contribution is -2.47. The Bertz CT molecular complexity index is 155. The van der Waals surface area contributed by atoms with Crippen LogP contribution in [0.1, 0.15) is 26.7 Å². The number of rotatable bonds is 4. The molecule has 12 heavy (non-hydrogen) atoms. The highest BCUT2D eigenvalue weighted by Crippen LogP contribution is 2.09. The van der Waals surface area contributed by atoms with Gasteiger partial charge in [0.1, 0.15) is 0 Å². The van der Waals surface area contributed by atoms with Crippen molar-refractivity contribution in [2.24, 2.45) is 5.92 Å². The van der Waals surface area contributed by atoms with Crippen molar-refractivity contribution in [1.29, 1.82) is 0 Å². The zero-order chi connectivity index (χ0) is 8.97. The van der Waals surface area contributed by atoms with E-state index in [1.54, 1.807) is 0 Å². The number of carbonyl (C=O) groups excluding carboxylic acids is 1. The number of esters is 1. The molecule has 0 bridgehead atoms. The van der Waals surface area contributed by atoms with E-state index in [9.17, 15) is 4.79 Å². The molecule has 1 atom stereocenters. The molecule has 0 saturated carbocycles. The van der Waals surface area contributed by atoms with Gasteiger partial charge in [-0.05, 0) is 13.3 Å². The number of carbonyl (C=O) groups is 1. The minimum atomic E-state index is -0.0327. The molecule has 0 amide bonds. The van der Waals surface area contributed by atoms with E-state index in [0.29, 0.717) is 0 Å². The van der Waals surface area contributed by atoms with Crippen LogP contribution in [0.4, 0.5) is 0 Å². The average Bonchev–Trinajstić information content (AvgIpc) is 1.82. The second-order valence-corrected chi connectivity index (χ2v) is 3.39. The van der Waals surface area contributed by atoms with E-state index in [-0.39, 0.29) is 18.0 Å². The van der Waals surface area contributed by atoms with Crippen molar-refractivity contribution in [3.05, 3.63) is 0 Å². The topological polar surface area (TPSA) is 38.3 Å². The number of hydrogen-bond acceptors (Lipinski definition) is 3. The SMILES string of the molecule is CCCC(C)OC(=O)C1CNC1. The maximum absolute atomic E-state index is 11.2. The van der Waals surface area contributed by atoms with Crippen LogP contribution in [-0.2, 0) is 9.53 Å². The number of nitrogens with one attached hydrogen (secondary N) is 1. The molecule has 1 saturated heterocycles. The lowest BCUT2D eigenvalue weighted by atomic mass is 10.0. The molecular weight excluding hydrogens is 154 g/mol. The van der Waals surface area contributed by atoms with Crippen molar-refractivity contribution >= 4 is 5.97 Å². The van der Waals surface area contributed by atoms with Gasteiger partial charge in [-0.1, -0.05) is 13.3 Å². The Morgan fingerprint density at radius 1 is 1.67 bits per heavy atom. The summed E-state index contributed by atoms with van der Waals surface area (Å²) in [7, 11) is 0. The van der Waals surface area contributed by atoms with E-state index in [1.165, 1.54) is 0 Å². The van der Waals surface area contributed by atoms with Crippen LogP contribution in [0.15, 0.2) is 0 Å². The third-order valence-electron chi connectivity index (χ3n) is 2.13. The average molecular weight is 171 g/mol. The molecule has 0 aromatic carbocycles. The van der Waals surface area contributed by atoms with Gasteiger partial charge >= 0.3 is 5.97 Å². The van der Waals surface area contributed by atoms with Gasteiger partial charge in [-0.15, -0.1) is 0 Å². The summed E-state index contributed by atoms with van der Waals surface area (Å²) in [4.78, 5) is 11.2. The van der Waals surface area contributed by atoms with Crippen molar-refractivity contribution in [3.8, 4) is 0 Å². The molecule has 0 spiro atoms. The van der Waals surface area contributed by atoms with Crippen molar-refractivity contribution in [3.63, 3.8) is 0 Å². The Labute approximate surface area is 73.5 Å². The Morgan fingerprint density at radius 3 is 2.75 bits per heavy atom. The molecule has 70 valence electrons. The van der Waals surface area contributed by atoms with Gasteiger partial charge in [0.15, 0.2) is 0 Å². The first-order valence-electron chi connectivity index (χ1n) is 4.65. The first kappa shape index (κ1) is 9.52. The molecule has 1 aliphatic heterocycles. The van der Waals surface area contributed by atoms with Gasteiger partial charge < -0.3 is 10.1 Å². The zero-order valence-electron chi connectivity index (χ0n) is 7.80. The maximum atomic E-state index is 11.2. The van der Waals surface area contributed by atoms with Crippen LogP contribution in [0.25, 0.3) is 0 Å². The summed E-state index contributed by atoms with van der Waals surface area (Å²) in [5.74, 6) is 0.0824. The molecule has 1 rings (SSSR count). The Balaban J connectivity index is 2.15. The van der Waals surface area contributed by atoms with Crippen LogP contribution in [0.5, 0.6) is 0 Å². The molecule has 1 N–H and O–H groups in total. The van der Waals surface area contributed by atoms with Crippen LogP contribution in [0.3, 0.4) is 0 Å². The monoisotopic (exact) mass is 171 g/mol. The molecule has 1 heterocycles. The molecule has 0 aromatic rings. The first-order chi connectivity index (χ1) is 5.74. The fraction of sp³-hybridized carbons (Fsp3) is 0.889. The van der Waals surface area contributed by atoms with E-state index in [1.807, 2.05) is 6.92 Å². The fourth-order valence-electron chi connectivity index (χ4n) is 1.22. The summed E-state index contributed by atoms with van der Waals surface area (Å²) < 4.78 is 5.22. The predicted molar refractivity (Wildman–Crippen MR) is 46.8 cm³/mol. The van der Waals surface area contributed by atoms with Crippen LogP contribution in [-0.4, -0.2) is 25.2 Å². The van der Waals surface area contributed by atoms with Crippen LogP contribution < -0.4 is 5.32 Å². The van der Waals surface area contributed by atoms with E-state index >= 15 is 0 Å². The van der Waals surface area contributed by atoms with E-state index < -0.39 is 0 Å². The Kier molecular flexibility index (Phi) is 3.53. The van der Waals surface area contributed by atoms with E-state index in [0.717, 1.165) is 25.9 Å². The van der Waals surface area contributed by atoms with Crippen molar-refractivity contribution < 1.29 is 9.53 Å². The normalized spacial score (nSPS) is 19.8. The molecule has 0 aromatic heterocycles. The van der Waals surface area contributed by atoms with Gasteiger partial charge in [0.2, 0.25) is 0 Å². The second-order valence-electron chi connectivity index (χ2n) is 3.39. The summed E-state index contributed by atoms with van der Waals surface area (Å²) in [6.07, 6.45) is 2.12. The molecule has 1 fully saturated rings. The Morgan fingerprint density at radius 2 is 2.33 bits per heavy atom. The summed E-state index contributed by atoms with van der Waals surface area (Å²) in [5.41, 5.74) is 0. The summed E-state index contributed by atoms with van der Waals surface area (Å²) in [6, 6.07) is 0. The van der Waals surface area contributed by atoms with Crippen molar-refractivity contribution in [2.75, 3.05) is 13.1 Å².